The van der Waals surface area contributed by atoms with Crippen LogP contribution < -0.4 is 29.6 Å². The molecule has 0 heterocycles. The Balaban J connectivity index is -0.0000000279. The molecule has 0 spiro atoms. The smallest absolute Gasteiger partial charge is 1.00 e. The zero-order valence-corrected chi connectivity index (χ0v) is 12.2. The predicted octanol–water partition coefficient (Wildman–Crippen LogP) is -1.79. The van der Waals surface area contributed by atoms with E-state index in [0.717, 1.165) is 6.42 Å². The van der Waals surface area contributed by atoms with Crippen molar-refractivity contribution < 1.29 is 75.4 Å². The number of carboxylic acids is 1. The van der Waals surface area contributed by atoms with Crippen LogP contribution in [0, 0.1) is 0 Å². The molecule has 3 N–H and O–H groups in total. The normalized spacial score (nSPS) is 6.08. The Hall–Kier alpha value is 0.363. The molecule has 0 radical (unpaired) electrons. The molecule has 0 aromatic rings. The average molecular weight is 240 g/mol. The zero-order valence-electron chi connectivity index (χ0n) is 8.28. The second-order valence-electron chi connectivity index (χ2n) is 1.43. The summed E-state index contributed by atoms with van der Waals surface area (Å²) < 4.78 is 0. The first kappa shape index (κ1) is 22.8. The summed E-state index contributed by atoms with van der Waals surface area (Å²) in [4.78, 5) is 18.2. The summed E-state index contributed by atoms with van der Waals surface area (Å²) in [6.45, 7) is 1.84. The van der Waals surface area contributed by atoms with E-state index < -0.39 is 12.1 Å². The first-order valence-corrected chi connectivity index (χ1v) is 2.64. The van der Waals surface area contributed by atoms with Crippen LogP contribution in [0.3, 0.4) is 0 Å². The minimum Gasteiger partial charge on any atom is -1.00 e. The molecule has 0 fully saturated rings. The van der Waals surface area contributed by atoms with Gasteiger partial charge in [-0.15, -0.1) is 0 Å². The van der Waals surface area contributed by atoms with Gasteiger partial charge < -0.3 is 16.7 Å². The Morgan fingerprint density at radius 3 is 1.50 bits per heavy atom. The molecule has 64 valence electrons. The minimum atomic E-state index is -1.83. The van der Waals surface area contributed by atoms with Gasteiger partial charge in [-0.3, -0.25) is 4.79 Å². The summed E-state index contributed by atoms with van der Waals surface area (Å²) in [6.07, 6.45) is -0.810. The van der Waals surface area contributed by atoms with Crippen molar-refractivity contribution in [3.8, 4) is 0 Å². The molecule has 0 saturated carbocycles. The van der Waals surface area contributed by atoms with Crippen LogP contribution in [0.4, 0.5) is 4.79 Å². The van der Waals surface area contributed by atoms with Crippen LogP contribution in [0.5, 0.6) is 0 Å². The van der Waals surface area contributed by atoms with Crippen molar-refractivity contribution in [1.82, 2.24) is 0 Å². The van der Waals surface area contributed by atoms with Crippen LogP contribution in [0.1, 0.15) is 21.2 Å². The predicted molar refractivity (Wildman–Crippen MR) is 34.3 cm³/mol. The van der Waals surface area contributed by atoms with E-state index in [0.29, 0.717) is 6.42 Å². The molecule has 0 aliphatic carbocycles. The third-order valence-electron chi connectivity index (χ3n) is 0.464. The second-order valence-corrected chi connectivity index (χ2v) is 1.43. The number of aliphatic carboxylic acids is 1. The topological polar surface area (TPSA) is 94.8 Å². The monoisotopic (exact) mass is 238 g/mol. The Labute approximate surface area is 107 Å². The quantitative estimate of drug-likeness (QED) is 0.495. The van der Waals surface area contributed by atoms with Gasteiger partial charge in [0.1, 0.15) is 0 Å². The summed E-state index contributed by atoms with van der Waals surface area (Å²) in [5.74, 6) is -0.711. The average Bonchev–Trinajstić information content (AvgIpc) is 1.62. The molecule has 0 unspecified atom stereocenters. The maximum absolute atomic E-state index is 9.60. The Morgan fingerprint density at radius 1 is 1.25 bits per heavy atom. The molecule has 0 saturated heterocycles. The second kappa shape index (κ2) is 17.4. The summed E-state index contributed by atoms with van der Waals surface area (Å²) in [5.41, 5.74) is 0. The van der Waals surface area contributed by atoms with E-state index in [4.69, 9.17) is 20.1 Å². The molecule has 0 aliphatic heterocycles. The fourth-order valence-corrected chi connectivity index (χ4v) is 0.214. The molecule has 0 amide bonds. The Kier molecular flexibility index (Phi) is 33.2. The fourth-order valence-electron chi connectivity index (χ4n) is 0.214. The van der Waals surface area contributed by atoms with Crippen molar-refractivity contribution in [3.05, 3.63) is 0 Å². The van der Waals surface area contributed by atoms with Gasteiger partial charge in [0, 0.05) is 25.9 Å². The first-order chi connectivity index (χ1) is 4.50. The van der Waals surface area contributed by atoms with E-state index >= 15 is 0 Å². The van der Waals surface area contributed by atoms with Crippen molar-refractivity contribution in [3.63, 3.8) is 0 Å². The number of hydrogen-bond donors (Lipinski definition) is 3. The number of carbonyl (C=O) groups is 2. The zero-order chi connectivity index (χ0) is 8.57. The van der Waals surface area contributed by atoms with Crippen LogP contribution in [0.15, 0.2) is 0 Å². The SMILES string of the molecule is CCCC(=O)O.O=C(O)O.[H-].[Na+].[Zn]. The van der Waals surface area contributed by atoms with Gasteiger partial charge in [-0.1, -0.05) is 6.92 Å². The molecule has 0 aliphatic rings. The summed E-state index contributed by atoms with van der Waals surface area (Å²) in [6, 6.07) is 0. The minimum absolute atomic E-state index is 0. The van der Waals surface area contributed by atoms with Crippen LogP contribution in [0.25, 0.3) is 0 Å². The van der Waals surface area contributed by atoms with Crippen LogP contribution in [0.2, 0.25) is 0 Å². The van der Waals surface area contributed by atoms with E-state index in [9.17, 15) is 4.79 Å². The Bertz CT molecular complexity index is 119. The van der Waals surface area contributed by atoms with Crippen LogP contribution >= 0.6 is 0 Å². The molecule has 5 nitrogen and oxygen atoms in total. The van der Waals surface area contributed by atoms with Gasteiger partial charge in [0.2, 0.25) is 0 Å². The van der Waals surface area contributed by atoms with E-state index in [1.165, 1.54) is 0 Å². The maximum Gasteiger partial charge on any atom is 1.00 e. The molecule has 12 heavy (non-hydrogen) atoms. The van der Waals surface area contributed by atoms with Crippen molar-refractivity contribution >= 4 is 12.1 Å². The number of rotatable bonds is 2. The van der Waals surface area contributed by atoms with Gasteiger partial charge in [0.25, 0.3) is 0 Å². The molecule has 0 bridgehead atoms. The summed E-state index contributed by atoms with van der Waals surface area (Å²) in [5, 5.41) is 21.9. The summed E-state index contributed by atoms with van der Waals surface area (Å²) >= 11 is 0. The fraction of sp³-hybridized carbons (Fsp3) is 0.600. The molecule has 0 rings (SSSR count). The molecule has 0 atom stereocenters. The van der Waals surface area contributed by atoms with Crippen molar-refractivity contribution in [2.24, 2.45) is 0 Å². The van der Waals surface area contributed by atoms with Gasteiger partial charge in [-0.25, -0.2) is 4.79 Å². The largest absolute Gasteiger partial charge is 1.00 e. The van der Waals surface area contributed by atoms with E-state index in [2.05, 4.69) is 0 Å². The first-order valence-electron chi connectivity index (χ1n) is 2.64. The summed E-state index contributed by atoms with van der Waals surface area (Å²) in [7, 11) is 0. The maximum atomic E-state index is 9.60. The Morgan fingerprint density at radius 2 is 1.50 bits per heavy atom. The van der Waals surface area contributed by atoms with Gasteiger partial charge >= 0.3 is 41.7 Å². The van der Waals surface area contributed by atoms with Crippen molar-refractivity contribution in [2.75, 3.05) is 0 Å². The van der Waals surface area contributed by atoms with Crippen LogP contribution in [-0.2, 0) is 24.3 Å². The van der Waals surface area contributed by atoms with Crippen LogP contribution in [-0.4, -0.2) is 27.4 Å². The van der Waals surface area contributed by atoms with Crippen molar-refractivity contribution in [1.29, 1.82) is 0 Å². The van der Waals surface area contributed by atoms with E-state index in [-0.39, 0.29) is 50.5 Å². The van der Waals surface area contributed by atoms with E-state index in [1.807, 2.05) is 6.92 Å². The molecule has 0 aromatic carbocycles. The molecule has 0 aromatic heterocycles. The van der Waals surface area contributed by atoms with Gasteiger partial charge in [-0.05, 0) is 6.42 Å². The van der Waals surface area contributed by atoms with Gasteiger partial charge in [-0.2, -0.15) is 0 Å². The number of carboxylic acid groups (broad SMARTS) is 3. The third-order valence-corrected chi connectivity index (χ3v) is 0.464. The van der Waals surface area contributed by atoms with E-state index in [1.54, 1.807) is 0 Å². The number of hydrogen-bond acceptors (Lipinski definition) is 2. The third kappa shape index (κ3) is 80.3. The molecule has 7 heteroatoms. The molecular formula is C5H11NaO5Zn. The standard InChI is InChI=1S/C4H8O2.CH2O3.Na.Zn.H/c1-2-3-4(5)6;2-1(3)4;;;/h2-3H2,1H3,(H,5,6);(H2,2,3,4);;;/q;;+1;;-1. The van der Waals surface area contributed by atoms with Gasteiger partial charge in [0.05, 0.1) is 0 Å². The van der Waals surface area contributed by atoms with Crippen molar-refractivity contribution in [2.45, 2.75) is 19.8 Å². The molecular weight excluding hydrogens is 228 g/mol. The van der Waals surface area contributed by atoms with Gasteiger partial charge in [0.15, 0.2) is 0 Å².